The Morgan fingerprint density at radius 3 is 2.58 bits per heavy atom. The van der Waals surface area contributed by atoms with E-state index in [1.807, 2.05) is 30.3 Å². The number of esters is 1. The normalized spacial score (nSPS) is 12.8. The molecule has 0 saturated heterocycles. The molecule has 7 nitrogen and oxygen atoms in total. The molecule has 130 valence electrons. The summed E-state index contributed by atoms with van der Waals surface area (Å²) in [6.07, 6.45) is 2.11. The number of carbonyl (C=O) groups is 1. The van der Waals surface area contributed by atoms with Crippen molar-refractivity contribution in [2.24, 2.45) is 5.41 Å². The molecule has 0 spiro atoms. The lowest BCUT2D eigenvalue weighted by Gasteiger charge is -2.28. The van der Waals surface area contributed by atoms with E-state index in [0.717, 1.165) is 5.56 Å². The second-order valence-corrected chi connectivity index (χ2v) is 6.22. The molecular weight excluding hydrogens is 310 g/mol. The topological polar surface area (TPSA) is 97.5 Å². The summed E-state index contributed by atoms with van der Waals surface area (Å²) in [5.41, 5.74) is 0.674. The third-order valence-electron chi connectivity index (χ3n) is 3.80. The minimum absolute atomic E-state index is 0.0176. The quantitative estimate of drug-likeness (QED) is 0.707. The van der Waals surface area contributed by atoms with Crippen molar-refractivity contribution in [3.8, 4) is 0 Å². The Balaban J connectivity index is 2.28. The molecule has 1 aromatic heterocycles. The Morgan fingerprint density at radius 2 is 2.00 bits per heavy atom. The van der Waals surface area contributed by atoms with Crippen molar-refractivity contribution in [3.05, 3.63) is 47.8 Å². The average Bonchev–Trinajstić information content (AvgIpc) is 3.07. The molecule has 0 aliphatic carbocycles. The number of ether oxygens (including phenoxy) is 1. The Bertz CT molecular complexity index is 655. The van der Waals surface area contributed by atoms with E-state index in [4.69, 9.17) is 9.84 Å². The highest BCUT2D eigenvalue weighted by Gasteiger charge is 2.34. The van der Waals surface area contributed by atoms with E-state index in [-0.39, 0.29) is 31.8 Å². The lowest BCUT2D eigenvalue weighted by molar-refractivity contribution is -0.155. The van der Waals surface area contributed by atoms with Crippen LogP contribution in [-0.4, -0.2) is 44.4 Å². The zero-order chi connectivity index (χ0) is 17.6. The van der Waals surface area contributed by atoms with Crippen LogP contribution in [0.15, 0.2) is 36.5 Å². The number of carbonyl (C=O) groups excluding carboxylic acids is 1. The summed E-state index contributed by atoms with van der Waals surface area (Å²) >= 11 is 0. The van der Waals surface area contributed by atoms with Crippen LogP contribution in [0.5, 0.6) is 0 Å². The molecule has 2 aromatic rings. The minimum Gasteiger partial charge on any atom is -0.463 e. The number of aliphatic hydroxyl groups excluding tert-OH is 2. The lowest BCUT2D eigenvalue weighted by atomic mass is 9.83. The van der Waals surface area contributed by atoms with Crippen LogP contribution in [0.4, 0.5) is 0 Å². The highest BCUT2D eigenvalue weighted by molar-refractivity contribution is 5.76. The highest BCUT2D eigenvalue weighted by atomic mass is 16.5. The molecule has 0 amide bonds. The number of nitrogens with zero attached hydrogens (tertiary/aromatic N) is 3. The molecule has 1 heterocycles. The maximum Gasteiger partial charge on any atom is 0.311 e. The summed E-state index contributed by atoms with van der Waals surface area (Å²) in [6, 6.07) is 9.45. The summed E-state index contributed by atoms with van der Waals surface area (Å²) in [5, 5.41) is 26.0. The molecule has 7 heteroatoms. The van der Waals surface area contributed by atoms with E-state index in [9.17, 15) is 9.90 Å². The molecule has 0 aliphatic rings. The number of benzene rings is 1. The molecule has 0 aliphatic heterocycles. The molecule has 2 N–H and O–H groups in total. The van der Waals surface area contributed by atoms with Crippen LogP contribution < -0.4 is 0 Å². The summed E-state index contributed by atoms with van der Waals surface area (Å²) < 4.78 is 6.74. The molecule has 24 heavy (non-hydrogen) atoms. The van der Waals surface area contributed by atoms with Crippen molar-refractivity contribution < 1.29 is 19.7 Å². The fraction of sp³-hybridized carbons (Fsp3) is 0.471. The first-order valence-corrected chi connectivity index (χ1v) is 7.82. The van der Waals surface area contributed by atoms with Crippen molar-refractivity contribution in [2.45, 2.75) is 32.9 Å². The lowest BCUT2D eigenvalue weighted by Crippen LogP contribution is -2.31. The molecule has 1 aromatic carbocycles. The number of aromatic nitrogens is 3. The second kappa shape index (κ2) is 8.03. The van der Waals surface area contributed by atoms with Gasteiger partial charge in [0.15, 0.2) is 0 Å². The molecule has 0 radical (unpaired) electrons. The first-order chi connectivity index (χ1) is 11.5. The van der Waals surface area contributed by atoms with Crippen LogP contribution in [0.3, 0.4) is 0 Å². The maximum atomic E-state index is 12.3. The maximum absolute atomic E-state index is 12.3. The van der Waals surface area contributed by atoms with Gasteiger partial charge >= 0.3 is 5.97 Å². The summed E-state index contributed by atoms with van der Waals surface area (Å²) in [6.45, 7) is 3.19. The molecular formula is C17H23N3O4. The molecule has 1 atom stereocenters. The summed E-state index contributed by atoms with van der Waals surface area (Å²) in [4.78, 5) is 12.3. The number of hydrogen-bond donors (Lipinski definition) is 2. The fourth-order valence-corrected chi connectivity index (χ4v) is 2.48. The zero-order valence-corrected chi connectivity index (χ0v) is 13.9. The summed E-state index contributed by atoms with van der Waals surface area (Å²) in [7, 11) is 0. The van der Waals surface area contributed by atoms with Crippen LogP contribution in [0.2, 0.25) is 0 Å². The predicted molar refractivity (Wildman–Crippen MR) is 87.0 cm³/mol. The fourth-order valence-electron chi connectivity index (χ4n) is 2.48. The van der Waals surface area contributed by atoms with E-state index in [0.29, 0.717) is 12.1 Å². The average molecular weight is 333 g/mol. The van der Waals surface area contributed by atoms with E-state index in [2.05, 4.69) is 10.3 Å². The van der Waals surface area contributed by atoms with Crippen molar-refractivity contribution in [2.75, 3.05) is 13.2 Å². The standard InChI is InChI=1S/C17H23N3O4/c1-17(2,16(23)24-9-8-21)10-15(13-6-4-3-5-7-13)20-11-14(12-22)18-19-20/h3-7,11,15,21-22H,8-10,12H2,1-2H3. The van der Waals surface area contributed by atoms with Gasteiger partial charge in [-0.3, -0.25) is 4.79 Å². The Morgan fingerprint density at radius 1 is 1.29 bits per heavy atom. The molecule has 0 fully saturated rings. The molecule has 0 bridgehead atoms. The first kappa shape index (κ1) is 18.1. The monoisotopic (exact) mass is 333 g/mol. The zero-order valence-electron chi connectivity index (χ0n) is 13.9. The van der Waals surface area contributed by atoms with Gasteiger partial charge in [0.05, 0.1) is 30.9 Å². The third kappa shape index (κ3) is 4.39. The van der Waals surface area contributed by atoms with E-state index >= 15 is 0 Å². The van der Waals surface area contributed by atoms with Gasteiger partial charge in [0.2, 0.25) is 0 Å². The van der Waals surface area contributed by atoms with E-state index < -0.39 is 5.41 Å². The number of aliphatic hydroxyl groups is 2. The van der Waals surface area contributed by atoms with Gasteiger partial charge in [-0.25, -0.2) is 4.68 Å². The Labute approximate surface area is 140 Å². The van der Waals surface area contributed by atoms with Gasteiger partial charge in [-0.05, 0) is 25.8 Å². The Kier molecular flexibility index (Phi) is 6.05. The van der Waals surface area contributed by atoms with Crippen LogP contribution in [-0.2, 0) is 16.1 Å². The van der Waals surface area contributed by atoms with E-state index in [1.54, 1.807) is 24.7 Å². The van der Waals surface area contributed by atoms with Gasteiger partial charge in [0, 0.05) is 0 Å². The highest BCUT2D eigenvalue weighted by Crippen LogP contribution is 2.33. The van der Waals surface area contributed by atoms with Crippen molar-refractivity contribution in [3.63, 3.8) is 0 Å². The van der Waals surface area contributed by atoms with Crippen LogP contribution >= 0.6 is 0 Å². The van der Waals surface area contributed by atoms with E-state index in [1.165, 1.54) is 0 Å². The molecule has 0 saturated carbocycles. The summed E-state index contributed by atoms with van der Waals surface area (Å²) in [5.74, 6) is -0.375. The van der Waals surface area contributed by atoms with Gasteiger partial charge < -0.3 is 14.9 Å². The smallest absolute Gasteiger partial charge is 0.311 e. The SMILES string of the molecule is CC(C)(CC(c1ccccc1)n1cc(CO)nn1)C(=O)OCCO. The van der Waals surface area contributed by atoms with Crippen molar-refractivity contribution in [1.82, 2.24) is 15.0 Å². The Hall–Kier alpha value is -2.25. The van der Waals surface area contributed by atoms with Crippen LogP contribution in [0, 0.1) is 5.41 Å². The van der Waals surface area contributed by atoms with Crippen LogP contribution in [0.25, 0.3) is 0 Å². The largest absolute Gasteiger partial charge is 0.463 e. The van der Waals surface area contributed by atoms with Crippen molar-refractivity contribution in [1.29, 1.82) is 0 Å². The molecule has 1 unspecified atom stereocenters. The molecule has 2 rings (SSSR count). The second-order valence-electron chi connectivity index (χ2n) is 6.22. The number of rotatable bonds is 8. The van der Waals surface area contributed by atoms with Gasteiger partial charge in [-0.1, -0.05) is 35.5 Å². The van der Waals surface area contributed by atoms with Crippen LogP contribution in [0.1, 0.15) is 37.6 Å². The first-order valence-electron chi connectivity index (χ1n) is 7.82. The van der Waals surface area contributed by atoms with Crippen molar-refractivity contribution >= 4 is 5.97 Å². The number of hydrogen-bond acceptors (Lipinski definition) is 6. The predicted octanol–water partition coefficient (Wildman–Crippen LogP) is 1.31. The van der Waals surface area contributed by atoms with Gasteiger partial charge in [-0.2, -0.15) is 0 Å². The third-order valence-corrected chi connectivity index (χ3v) is 3.80. The van der Waals surface area contributed by atoms with Gasteiger partial charge in [0.25, 0.3) is 0 Å². The van der Waals surface area contributed by atoms with Gasteiger partial charge in [-0.15, -0.1) is 5.10 Å². The minimum atomic E-state index is -0.777. The van der Waals surface area contributed by atoms with Gasteiger partial charge in [0.1, 0.15) is 12.3 Å².